The van der Waals surface area contributed by atoms with Crippen LogP contribution in [-0.2, 0) is 14.4 Å². The minimum absolute atomic E-state index is 0.237. The van der Waals surface area contributed by atoms with Crippen molar-refractivity contribution < 1.29 is 28.6 Å². The summed E-state index contributed by atoms with van der Waals surface area (Å²) >= 11 is 0. The molecule has 1 aliphatic rings. The van der Waals surface area contributed by atoms with E-state index < -0.39 is 17.9 Å². The smallest absolute Gasteiger partial charge is 0.251 e. The summed E-state index contributed by atoms with van der Waals surface area (Å²) in [6.45, 7) is 1.97. The molecule has 9 heteroatoms. The second-order valence-electron chi connectivity index (χ2n) is 6.53. The monoisotopic (exact) mass is 413 g/mol. The number of anilines is 1. The predicted octanol–water partition coefficient (Wildman–Crippen LogP) is 1.40. The van der Waals surface area contributed by atoms with Gasteiger partial charge in [0.15, 0.2) is 11.5 Å². The van der Waals surface area contributed by atoms with Crippen LogP contribution in [0.2, 0.25) is 0 Å². The van der Waals surface area contributed by atoms with Gasteiger partial charge in [-0.1, -0.05) is 12.1 Å². The Labute approximate surface area is 173 Å². The van der Waals surface area contributed by atoms with Gasteiger partial charge < -0.3 is 30.2 Å². The molecule has 1 heterocycles. The zero-order valence-electron chi connectivity index (χ0n) is 16.7. The maximum atomic E-state index is 13.0. The van der Waals surface area contributed by atoms with Crippen molar-refractivity contribution in [1.82, 2.24) is 10.6 Å². The number of hydrogen-bond donors (Lipinski definition) is 3. The lowest BCUT2D eigenvalue weighted by atomic mass is 10.1. The van der Waals surface area contributed by atoms with Gasteiger partial charge >= 0.3 is 0 Å². The van der Waals surface area contributed by atoms with Gasteiger partial charge in [0.2, 0.25) is 11.8 Å². The van der Waals surface area contributed by atoms with Crippen LogP contribution in [-0.4, -0.2) is 44.6 Å². The van der Waals surface area contributed by atoms with Gasteiger partial charge in [0.25, 0.3) is 5.91 Å². The van der Waals surface area contributed by atoms with Crippen molar-refractivity contribution in [2.45, 2.75) is 13.0 Å². The molecule has 0 fully saturated rings. The average molecular weight is 413 g/mol. The van der Waals surface area contributed by atoms with E-state index in [4.69, 9.17) is 14.2 Å². The molecule has 1 aliphatic heterocycles. The van der Waals surface area contributed by atoms with E-state index in [0.29, 0.717) is 41.7 Å². The van der Waals surface area contributed by atoms with E-state index in [0.717, 1.165) is 0 Å². The summed E-state index contributed by atoms with van der Waals surface area (Å²) in [4.78, 5) is 36.3. The van der Waals surface area contributed by atoms with Gasteiger partial charge in [-0.3, -0.25) is 14.4 Å². The molecule has 2 aromatic carbocycles. The maximum absolute atomic E-state index is 13.0. The summed E-state index contributed by atoms with van der Waals surface area (Å²) in [5.41, 5.74) is 1.06. The molecule has 0 bridgehead atoms. The Bertz CT molecular complexity index is 929. The molecule has 1 atom stereocenters. The molecule has 3 rings (SSSR count). The third-order valence-corrected chi connectivity index (χ3v) is 4.32. The first-order chi connectivity index (χ1) is 14.5. The van der Waals surface area contributed by atoms with Gasteiger partial charge in [0.05, 0.1) is 13.7 Å². The molecule has 3 N–H and O–H groups in total. The molecule has 0 spiro atoms. The molecule has 0 aliphatic carbocycles. The fourth-order valence-corrected chi connectivity index (χ4v) is 2.85. The quantitative estimate of drug-likeness (QED) is 0.632. The molecule has 2 aromatic rings. The van der Waals surface area contributed by atoms with Crippen molar-refractivity contribution in [2.75, 3.05) is 32.2 Å². The molecule has 30 heavy (non-hydrogen) atoms. The minimum atomic E-state index is -0.981. The van der Waals surface area contributed by atoms with Crippen LogP contribution in [0.1, 0.15) is 18.5 Å². The summed E-state index contributed by atoms with van der Waals surface area (Å²) < 4.78 is 16.2. The first-order valence-corrected chi connectivity index (χ1v) is 9.34. The Balaban J connectivity index is 1.78. The molecule has 0 unspecified atom stereocenters. The highest BCUT2D eigenvalue weighted by Gasteiger charge is 2.24. The van der Waals surface area contributed by atoms with Crippen molar-refractivity contribution in [3.8, 4) is 17.2 Å². The molecule has 0 saturated heterocycles. The van der Waals surface area contributed by atoms with Crippen LogP contribution in [0.4, 0.5) is 5.69 Å². The lowest BCUT2D eigenvalue weighted by Crippen LogP contribution is -2.42. The summed E-state index contributed by atoms with van der Waals surface area (Å²) in [7, 11) is 1.54. The Hall–Kier alpha value is -3.75. The van der Waals surface area contributed by atoms with Gasteiger partial charge in [-0.05, 0) is 29.8 Å². The Morgan fingerprint density at radius 1 is 1.03 bits per heavy atom. The summed E-state index contributed by atoms with van der Waals surface area (Å²) in [6.07, 6.45) is 0. The highest BCUT2D eigenvalue weighted by atomic mass is 16.6. The minimum Gasteiger partial charge on any atom is -0.497 e. The standard InChI is InChI=1S/C21H23N3O6/c1-13(25)22-12-19(26)24-20(14-3-6-16(28-2)7-4-14)21(27)23-15-5-8-17-18(11-15)30-10-9-29-17/h3-8,11,20H,9-10,12H2,1-2H3,(H,22,25)(H,23,27)(H,24,26)/t20-/m1/s1. The van der Waals surface area contributed by atoms with E-state index in [1.165, 1.54) is 14.0 Å². The van der Waals surface area contributed by atoms with Gasteiger partial charge in [-0.15, -0.1) is 0 Å². The van der Waals surface area contributed by atoms with E-state index in [9.17, 15) is 14.4 Å². The second kappa shape index (κ2) is 9.64. The number of amides is 3. The topological polar surface area (TPSA) is 115 Å². The third kappa shape index (κ3) is 5.40. The van der Waals surface area contributed by atoms with E-state index in [1.807, 2.05) is 0 Å². The van der Waals surface area contributed by atoms with E-state index >= 15 is 0 Å². The SMILES string of the molecule is COc1ccc([C@@H](NC(=O)CNC(C)=O)C(=O)Nc2ccc3c(c2)OCCO3)cc1. The van der Waals surface area contributed by atoms with Gasteiger partial charge in [-0.25, -0.2) is 0 Å². The van der Waals surface area contributed by atoms with Crippen LogP contribution in [0, 0.1) is 0 Å². The zero-order valence-corrected chi connectivity index (χ0v) is 16.7. The molecule has 0 aromatic heterocycles. The average Bonchev–Trinajstić information content (AvgIpc) is 2.76. The van der Waals surface area contributed by atoms with Crippen molar-refractivity contribution in [2.24, 2.45) is 0 Å². The van der Waals surface area contributed by atoms with Crippen molar-refractivity contribution in [3.63, 3.8) is 0 Å². The highest BCUT2D eigenvalue weighted by molar-refractivity contribution is 5.98. The van der Waals surface area contributed by atoms with Crippen LogP contribution in [0.5, 0.6) is 17.2 Å². The third-order valence-electron chi connectivity index (χ3n) is 4.32. The van der Waals surface area contributed by atoms with Gasteiger partial charge in [-0.2, -0.15) is 0 Å². The Kier molecular flexibility index (Phi) is 6.74. The van der Waals surface area contributed by atoms with Crippen molar-refractivity contribution in [1.29, 1.82) is 0 Å². The number of benzene rings is 2. The van der Waals surface area contributed by atoms with Crippen molar-refractivity contribution in [3.05, 3.63) is 48.0 Å². The van der Waals surface area contributed by atoms with Crippen molar-refractivity contribution >= 4 is 23.4 Å². The van der Waals surface area contributed by atoms with Crippen LogP contribution in [0.25, 0.3) is 0 Å². The summed E-state index contributed by atoms with van der Waals surface area (Å²) in [5.74, 6) is 0.474. The molecule has 3 amide bonds. The molecular formula is C21H23N3O6. The Morgan fingerprint density at radius 2 is 1.73 bits per heavy atom. The summed E-state index contributed by atoms with van der Waals surface area (Å²) in [6, 6.07) is 10.8. The number of hydrogen-bond acceptors (Lipinski definition) is 6. The number of ether oxygens (including phenoxy) is 3. The molecule has 158 valence electrons. The maximum Gasteiger partial charge on any atom is 0.251 e. The number of methoxy groups -OCH3 is 1. The van der Waals surface area contributed by atoms with Gasteiger partial charge in [0.1, 0.15) is 25.0 Å². The van der Waals surface area contributed by atoms with E-state index in [2.05, 4.69) is 16.0 Å². The van der Waals surface area contributed by atoms with Crippen LogP contribution < -0.4 is 30.2 Å². The van der Waals surface area contributed by atoms with Crippen LogP contribution in [0.15, 0.2) is 42.5 Å². The fraction of sp³-hybridized carbons (Fsp3) is 0.286. The largest absolute Gasteiger partial charge is 0.497 e. The normalized spacial score (nSPS) is 13.0. The Morgan fingerprint density at radius 3 is 2.40 bits per heavy atom. The number of carbonyl (C=O) groups is 3. The van der Waals surface area contributed by atoms with Gasteiger partial charge in [0, 0.05) is 18.7 Å². The number of rotatable bonds is 7. The van der Waals surface area contributed by atoms with E-state index in [1.54, 1.807) is 42.5 Å². The lowest BCUT2D eigenvalue weighted by molar-refractivity contribution is -0.127. The molecule has 0 saturated carbocycles. The molecular weight excluding hydrogens is 390 g/mol. The zero-order chi connectivity index (χ0) is 21.5. The molecule has 9 nitrogen and oxygen atoms in total. The van der Waals surface area contributed by atoms with E-state index in [-0.39, 0.29) is 12.5 Å². The number of nitrogens with one attached hydrogen (secondary N) is 3. The van der Waals surface area contributed by atoms with Crippen LogP contribution in [0.3, 0.4) is 0 Å². The number of fused-ring (bicyclic) bond motifs is 1. The second-order valence-corrected chi connectivity index (χ2v) is 6.53. The first kappa shape index (κ1) is 21.0. The summed E-state index contributed by atoms with van der Waals surface area (Å²) in [5, 5.41) is 7.84. The van der Waals surface area contributed by atoms with Crippen LogP contribution >= 0.6 is 0 Å². The highest BCUT2D eigenvalue weighted by Crippen LogP contribution is 2.33. The molecule has 0 radical (unpaired) electrons. The lowest BCUT2D eigenvalue weighted by Gasteiger charge is -2.21. The fourth-order valence-electron chi connectivity index (χ4n) is 2.85. The number of carbonyl (C=O) groups excluding carboxylic acids is 3. The first-order valence-electron chi connectivity index (χ1n) is 9.34. The predicted molar refractivity (Wildman–Crippen MR) is 109 cm³/mol.